The van der Waals surface area contributed by atoms with Gasteiger partial charge < -0.3 is 20.5 Å². The van der Waals surface area contributed by atoms with E-state index in [1.807, 2.05) is 0 Å². The summed E-state index contributed by atoms with van der Waals surface area (Å²) < 4.78 is 23.5. The summed E-state index contributed by atoms with van der Waals surface area (Å²) >= 11 is 0. The zero-order valence-electron chi connectivity index (χ0n) is 18.3. The fourth-order valence-corrected chi connectivity index (χ4v) is 2.58. The molecule has 172 valence electrons. The van der Waals surface area contributed by atoms with Crippen molar-refractivity contribution < 1.29 is 23.5 Å². The Morgan fingerprint density at radius 3 is 2.45 bits per heavy atom. The zero-order valence-corrected chi connectivity index (χ0v) is 18.3. The van der Waals surface area contributed by atoms with Gasteiger partial charge in [-0.3, -0.25) is 5.32 Å². The van der Waals surface area contributed by atoms with E-state index in [0.717, 1.165) is 0 Å². The molecule has 33 heavy (non-hydrogen) atoms. The maximum atomic E-state index is 13.1. The van der Waals surface area contributed by atoms with Crippen molar-refractivity contribution in [1.29, 1.82) is 0 Å². The van der Waals surface area contributed by atoms with Crippen LogP contribution >= 0.6 is 0 Å². The van der Waals surface area contributed by atoms with Crippen molar-refractivity contribution in [1.82, 2.24) is 15.0 Å². The number of ether oxygens (including phenoxy) is 2. The lowest BCUT2D eigenvalue weighted by atomic mass is 10.2. The molecular weight excluding hydrogens is 431 g/mol. The van der Waals surface area contributed by atoms with Crippen LogP contribution in [0.1, 0.15) is 37.0 Å². The standard InChI is InChI=1S/C22H23FN6O4/c1-22(2,3)33-21(31)26-16-6-4-5-13(11-16)18(30)32-12-17-27-19(24)29-20(28-17)25-15-9-7-14(23)8-10-15/h4-11H,12H2,1-3H3,(H,26,31)(H3,24,25,27,28,29). The van der Waals surface area contributed by atoms with Crippen LogP contribution in [0.2, 0.25) is 0 Å². The number of halogens is 1. The van der Waals surface area contributed by atoms with E-state index in [1.54, 1.807) is 32.9 Å². The van der Waals surface area contributed by atoms with E-state index in [2.05, 4.69) is 25.6 Å². The SMILES string of the molecule is CC(C)(C)OC(=O)Nc1cccc(C(=O)OCc2nc(N)nc(Nc3ccc(F)cc3)n2)c1. The van der Waals surface area contributed by atoms with E-state index >= 15 is 0 Å². The number of benzene rings is 2. The van der Waals surface area contributed by atoms with Gasteiger partial charge in [-0.15, -0.1) is 0 Å². The van der Waals surface area contributed by atoms with E-state index in [4.69, 9.17) is 15.2 Å². The number of carbonyl (C=O) groups is 2. The molecule has 0 aliphatic rings. The van der Waals surface area contributed by atoms with E-state index in [-0.39, 0.29) is 35.7 Å². The molecular formula is C22H23FN6O4. The van der Waals surface area contributed by atoms with Crippen LogP contribution in [0, 0.1) is 5.82 Å². The fraction of sp³-hybridized carbons (Fsp3) is 0.227. The van der Waals surface area contributed by atoms with Gasteiger partial charge in [0.05, 0.1) is 5.56 Å². The number of nitrogens with one attached hydrogen (secondary N) is 2. The minimum atomic E-state index is -0.658. The number of hydrogen-bond acceptors (Lipinski definition) is 9. The Kier molecular flexibility index (Phi) is 7.01. The first-order chi connectivity index (χ1) is 15.6. The van der Waals surface area contributed by atoms with Crippen LogP contribution in [0.15, 0.2) is 48.5 Å². The maximum Gasteiger partial charge on any atom is 0.412 e. The number of nitrogens with zero attached hydrogens (tertiary/aromatic N) is 3. The van der Waals surface area contributed by atoms with Gasteiger partial charge in [0.1, 0.15) is 11.4 Å². The largest absolute Gasteiger partial charge is 0.454 e. The van der Waals surface area contributed by atoms with Crippen LogP contribution in [0.4, 0.5) is 32.5 Å². The van der Waals surface area contributed by atoms with Crippen LogP contribution < -0.4 is 16.4 Å². The van der Waals surface area contributed by atoms with Gasteiger partial charge in [-0.25, -0.2) is 14.0 Å². The molecule has 0 bridgehead atoms. The van der Waals surface area contributed by atoms with Gasteiger partial charge in [0, 0.05) is 11.4 Å². The minimum Gasteiger partial charge on any atom is -0.454 e. The highest BCUT2D eigenvalue weighted by Gasteiger charge is 2.17. The van der Waals surface area contributed by atoms with Crippen LogP contribution in [0.5, 0.6) is 0 Å². The van der Waals surface area contributed by atoms with Gasteiger partial charge >= 0.3 is 12.1 Å². The number of carbonyl (C=O) groups excluding carboxylic acids is 2. The van der Waals surface area contributed by atoms with E-state index in [9.17, 15) is 14.0 Å². The summed E-state index contributed by atoms with van der Waals surface area (Å²) in [7, 11) is 0. The quantitative estimate of drug-likeness (QED) is 0.470. The van der Waals surface area contributed by atoms with Crippen LogP contribution in [-0.4, -0.2) is 32.6 Å². The first kappa shape index (κ1) is 23.4. The average molecular weight is 454 g/mol. The van der Waals surface area contributed by atoms with Crippen LogP contribution in [-0.2, 0) is 16.1 Å². The second-order valence-electron chi connectivity index (χ2n) is 7.85. The third-order valence-electron chi connectivity index (χ3n) is 3.88. The number of amides is 1. The first-order valence-corrected chi connectivity index (χ1v) is 9.87. The van der Waals surface area contributed by atoms with Crippen LogP contribution in [0.3, 0.4) is 0 Å². The molecule has 2 aromatic carbocycles. The monoisotopic (exact) mass is 454 g/mol. The smallest absolute Gasteiger partial charge is 0.412 e. The summed E-state index contributed by atoms with van der Waals surface area (Å²) in [6.45, 7) is 4.96. The van der Waals surface area contributed by atoms with Crippen molar-refractivity contribution in [2.75, 3.05) is 16.4 Å². The number of hydrogen-bond donors (Lipinski definition) is 3. The van der Waals surface area contributed by atoms with Crippen molar-refractivity contribution >= 4 is 35.3 Å². The third kappa shape index (κ3) is 7.42. The Balaban J connectivity index is 1.63. The molecule has 1 heterocycles. The number of nitrogen functional groups attached to an aromatic ring is 1. The highest BCUT2D eigenvalue weighted by atomic mass is 19.1. The molecule has 3 rings (SSSR count). The van der Waals surface area contributed by atoms with Crippen molar-refractivity contribution in [3.63, 3.8) is 0 Å². The topological polar surface area (TPSA) is 141 Å². The normalized spacial score (nSPS) is 10.9. The van der Waals surface area contributed by atoms with E-state index in [0.29, 0.717) is 11.4 Å². The van der Waals surface area contributed by atoms with Crippen molar-refractivity contribution in [2.24, 2.45) is 0 Å². The Hall–Kier alpha value is -4.28. The predicted octanol–water partition coefficient (Wildman–Crippen LogP) is 4.04. The summed E-state index contributed by atoms with van der Waals surface area (Å²) in [5.41, 5.74) is 6.17. The van der Waals surface area contributed by atoms with Gasteiger partial charge in [-0.05, 0) is 63.2 Å². The van der Waals surface area contributed by atoms with Crippen molar-refractivity contribution in [2.45, 2.75) is 33.0 Å². The zero-order chi connectivity index (χ0) is 24.0. The lowest BCUT2D eigenvalue weighted by Crippen LogP contribution is -2.27. The number of esters is 1. The highest BCUT2D eigenvalue weighted by Crippen LogP contribution is 2.16. The lowest BCUT2D eigenvalue weighted by Gasteiger charge is -2.19. The molecule has 0 aliphatic heterocycles. The highest BCUT2D eigenvalue weighted by molar-refractivity contribution is 5.92. The molecule has 1 amide bonds. The van der Waals surface area contributed by atoms with Gasteiger partial charge in [0.2, 0.25) is 11.9 Å². The Morgan fingerprint density at radius 2 is 1.76 bits per heavy atom. The summed E-state index contributed by atoms with van der Waals surface area (Å²) in [6, 6.07) is 11.8. The molecule has 4 N–H and O–H groups in total. The Labute approximate surface area is 189 Å². The number of anilines is 4. The van der Waals surface area contributed by atoms with Crippen molar-refractivity contribution in [3.8, 4) is 0 Å². The number of rotatable bonds is 6. The second kappa shape index (κ2) is 9.90. The second-order valence-corrected chi connectivity index (χ2v) is 7.85. The maximum absolute atomic E-state index is 13.1. The van der Waals surface area contributed by atoms with Gasteiger partial charge in [-0.1, -0.05) is 6.07 Å². The summed E-state index contributed by atoms with van der Waals surface area (Å²) in [5, 5.41) is 5.43. The number of nitrogens with two attached hydrogens (primary N) is 1. The summed E-state index contributed by atoms with van der Waals surface area (Å²) in [4.78, 5) is 36.4. The molecule has 0 atom stereocenters. The molecule has 0 fully saturated rings. The molecule has 0 saturated heterocycles. The molecule has 1 aromatic heterocycles. The number of aromatic nitrogens is 3. The van der Waals surface area contributed by atoms with Crippen LogP contribution in [0.25, 0.3) is 0 Å². The fourth-order valence-electron chi connectivity index (χ4n) is 2.58. The Bertz CT molecular complexity index is 1150. The summed E-state index contributed by atoms with van der Waals surface area (Å²) in [6.07, 6.45) is -0.644. The molecule has 0 unspecified atom stereocenters. The molecule has 3 aromatic rings. The third-order valence-corrected chi connectivity index (χ3v) is 3.88. The molecule has 10 nitrogen and oxygen atoms in total. The van der Waals surface area contributed by atoms with Gasteiger partial charge in [0.15, 0.2) is 12.4 Å². The van der Waals surface area contributed by atoms with Gasteiger partial charge in [0.25, 0.3) is 0 Å². The van der Waals surface area contributed by atoms with Gasteiger partial charge in [-0.2, -0.15) is 15.0 Å². The molecule has 0 spiro atoms. The first-order valence-electron chi connectivity index (χ1n) is 9.87. The minimum absolute atomic E-state index is 0.0794. The lowest BCUT2D eigenvalue weighted by molar-refractivity contribution is 0.0461. The predicted molar refractivity (Wildman–Crippen MR) is 119 cm³/mol. The molecule has 0 aliphatic carbocycles. The molecule has 0 saturated carbocycles. The average Bonchev–Trinajstić information content (AvgIpc) is 2.72. The Morgan fingerprint density at radius 1 is 1.03 bits per heavy atom. The van der Waals surface area contributed by atoms with E-state index in [1.165, 1.54) is 36.4 Å². The van der Waals surface area contributed by atoms with E-state index < -0.39 is 17.7 Å². The summed E-state index contributed by atoms with van der Waals surface area (Å²) in [5.74, 6) is -0.889. The van der Waals surface area contributed by atoms with Crippen molar-refractivity contribution in [3.05, 3.63) is 65.7 Å². The molecule has 0 radical (unpaired) electrons. The molecule has 11 heteroatoms.